The number of alkyl halides is 5. The van der Waals surface area contributed by atoms with E-state index in [-0.39, 0.29) is 17.7 Å². The molecule has 0 saturated heterocycles. The summed E-state index contributed by atoms with van der Waals surface area (Å²) in [5.74, 6) is -2.07. The number of ether oxygens (including phenoxy) is 1. The van der Waals surface area contributed by atoms with Crippen molar-refractivity contribution in [3.8, 4) is 5.75 Å². The highest BCUT2D eigenvalue weighted by molar-refractivity contribution is 5.93. The monoisotopic (exact) mass is 414 g/mol. The second-order valence-electron chi connectivity index (χ2n) is 6.36. The predicted molar refractivity (Wildman–Crippen MR) is 97.7 cm³/mol. The lowest BCUT2D eigenvalue weighted by Gasteiger charge is -2.19. The smallest absolute Gasteiger partial charge is 0.433 e. The molecule has 0 amide bonds. The number of carboxylic acid groups (broad SMARTS) is 1. The van der Waals surface area contributed by atoms with Gasteiger partial charge in [-0.05, 0) is 48.6 Å². The summed E-state index contributed by atoms with van der Waals surface area (Å²) in [7, 11) is 0. The van der Waals surface area contributed by atoms with Gasteiger partial charge in [0.1, 0.15) is 11.3 Å². The lowest BCUT2D eigenvalue weighted by atomic mass is 10.1. The first-order valence-electron chi connectivity index (χ1n) is 8.80. The molecular formula is C21H19F5O3. The van der Waals surface area contributed by atoms with Crippen LogP contribution in [-0.4, -0.2) is 23.4 Å². The van der Waals surface area contributed by atoms with Crippen LogP contribution in [0.2, 0.25) is 0 Å². The first-order valence-corrected chi connectivity index (χ1v) is 8.80. The molecule has 8 heteroatoms. The van der Waals surface area contributed by atoms with E-state index in [1.807, 2.05) is 0 Å². The van der Waals surface area contributed by atoms with Crippen LogP contribution in [0, 0.1) is 0 Å². The molecular weight excluding hydrogens is 395 g/mol. The summed E-state index contributed by atoms with van der Waals surface area (Å²) in [6.07, 6.45) is -7.68. The summed E-state index contributed by atoms with van der Waals surface area (Å²) in [5.41, 5.74) is -0.275. The summed E-state index contributed by atoms with van der Waals surface area (Å²) in [4.78, 5) is 11.3. The van der Waals surface area contributed by atoms with Crippen LogP contribution in [0.15, 0.2) is 60.2 Å². The van der Waals surface area contributed by atoms with Crippen LogP contribution in [-0.2, 0) is 11.2 Å². The molecule has 2 aromatic rings. The van der Waals surface area contributed by atoms with E-state index in [1.165, 1.54) is 36.4 Å². The van der Waals surface area contributed by atoms with Crippen molar-refractivity contribution in [3.05, 3.63) is 71.3 Å². The minimum Gasteiger partial charge on any atom is -0.478 e. The number of aliphatic carboxylic acids is 1. The van der Waals surface area contributed by atoms with Gasteiger partial charge in [-0.25, -0.2) is 4.79 Å². The van der Waals surface area contributed by atoms with Gasteiger partial charge in [0.05, 0.1) is 0 Å². The van der Waals surface area contributed by atoms with E-state index >= 15 is 0 Å². The van der Waals surface area contributed by atoms with Crippen LogP contribution in [0.4, 0.5) is 22.0 Å². The number of unbranched alkanes of at least 4 members (excludes halogenated alkanes) is 1. The van der Waals surface area contributed by atoms with Crippen molar-refractivity contribution in [3.63, 3.8) is 0 Å². The molecule has 0 aliphatic carbocycles. The molecule has 0 bridgehead atoms. The Morgan fingerprint density at radius 3 is 2.10 bits per heavy atom. The van der Waals surface area contributed by atoms with Gasteiger partial charge in [-0.1, -0.05) is 42.5 Å². The quantitative estimate of drug-likeness (QED) is 0.306. The molecule has 29 heavy (non-hydrogen) atoms. The molecule has 0 unspecified atom stereocenters. The molecule has 0 aliphatic heterocycles. The van der Waals surface area contributed by atoms with E-state index in [2.05, 4.69) is 4.74 Å². The van der Waals surface area contributed by atoms with Crippen LogP contribution < -0.4 is 4.74 Å². The molecule has 2 rings (SSSR count). The van der Waals surface area contributed by atoms with Gasteiger partial charge in [-0.15, -0.1) is 0 Å². The third kappa shape index (κ3) is 7.56. The van der Waals surface area contributed by atoms with Gasteiger partial charge in [0, 0.05) is 6.42 Å². The fourth-order valence-corrected chi connectivity index (χ4v) is 2.57. The van der Waals surface area contributed by atoms with Crippen molar-refractivity contribution in [2.75, 3.05) is 0 Å². The molecule has 1 N–H and O–H groups in total. The maximum atomic E-state index is 14.4. The van der Waals surface area contributed by atoms with E-state index in [0.717, 1.165) is 6.08 Å². The number of hydrogen-bond donors (Lipinski definition) is 1. The van der Waals surface area contributed by atoms with Crippen molar-refractivity contribution >= 4 is 12.0 Å². The molecule has 0 heterocycles. The number of benzene rings is 2. The largest absolute Gasteiger partial charge is 0.478 e. The summed E-state index contributed by atoms with van der Waals surface area (Å²) in [5, 5.41) is 9.16. The van der Waals surface area contributed by atoms with Crippen molar-refractivity contribution in [1.82, 2.24) is 0 Å². The Hall–Kier alpha value is -2.90. The van der Waals surface area contributed by atoms with Gasteiger partial charge >= 0.3 is 18.3 Å². The van der Waals surface area contributed by atoms with Gasteiger partial charge in [0.2, 0.25) is 0 Å². The van der Waals surface area contributed by atoms with Gasteiger partial charge in [0.25, 0.3) is 0 Å². The predicted octanol–water partition coefficient (Wildman–Crippen LogP) is 6.10. The Balaban J connectivity index is 2.03. The third-order valence-corrected chi connectivity index (χ3v) is 4.00. The first-order chi connectivity index (χ1) is 13.6. The number of halogens is 5. The lowest BCUT2D eigenvalue weighted by molar-refractivity contribution is -0.160. The number of carboxylic acids is 1. The zero-order chi connectivity index (χ0) is 21.5. The Bertz CT molecular complexity index is 828. The van der Waals surface area contributed by atoms with Crippen molar-refractivity contribution in [2.45, 2.75) is 38.0 Å². The maximum Gasteiger partial charge on any atom is 0.433 e. The third-order valence-electron chi connectivity index (χ3n) is 4.00. The molecule has 156 valence electrons. The van der Waals surface area contributed by atoms with E-state index in [0.29, 0.717) is 18.4 Å². The summed E-state index contributed by atoms with van der Waals surface area (Å²) in [6, 6.07) is 13.2. The highest BCUT2D eigenvalue weighted by atomic mass is 19.4. The van der Waals surface area contributed by atoms with E-state index in [9.17, 15) is 26.7 Å². The van der Waals surface area contributed by atoms with Gasteiger partial charge < -0.3 is 9.84 Å². The van der Waals surface area contributed by atoms with Crippen molar-refractivity contribution in [2.24, 2.45) is 0 Å². The molecule has 0 atom stereocenters. The van der Waals surface area contributed by atoms with Crippen LogP contribution in [0.3, 0.4) is 0 Å². The normalized spacial score (nSPS) is 12.7. The SMILES string of the molecule is O=C(O)/C(=C\c1ccccc1)C(F)(F)Oc1ccc(CCCCC(F)(F)F)cc1. The Kier molecular flexibility index (Phi) is 7.36. The average Bonchev–Trinajstić information content (AvgIpc) is 2.64. The minimum absolute atomic E-state index is 0.0218. The zero-order valence-corrected chi connectivity index (χ0v) is 15.3. The number of hydrogen-bond acceptors (Lipinski definition) is 2. The van der Waals surface area contributed by atoms with E-state index < -0.39 is 30.2 Å². The topological polar surface area (TPSA) is 46.5 Å². The lowest BCUT2D eigenvalue weighted by Crippen LogP contribution is -2.31. The van der Waals surface area contributed by atoms with Crippen LogP contribution >= 0.6 is 0 Å². The molecule has 0 fully saturated rings. The number of rotatable bonds is 9. The van der Waals surface area contributed by atoms with Crippen LogP contribution in [0.1, 0.15) is 30.4 Å². The summed E-state index contributed by atoms with van der Waals surface area (Å²) < 4.78 is 69.7. The molecule has 0 radical (unpaired) electrons. The first kappa shape index (κ1) is 22.4. The second kappa shape index (κ2) is 9.54. The Labute approximate surface area is 164 Å². The zero-order valence-electron chi connectivity index (χ0n) is 15.3. The highest BCUT2D eigenvalue weighted by Gasteiger charge is 2.42. The number of carbonyl (C=O) groups is 1. The van der Waals surface area contributed by atoms with Gasteiger partial charge in [0.15, 0.2) is 0 Å². The van der Waals surface area contributed by atoms with Gasteiger partial charge in [-0.2, -0.15) is 22.0 Å². The Morgan fingerprint density at radius 1 is 0.931 bits per heavy atom. The Morgan fingerprint density at radius 2 is 1.55 bits per heavy atom. The molecule has 0 aliphatic rings. The standard InChI is InChI=1S/C21H19F5O3/c22-20(23,24)13-5-4-6-15-9-11-17(12-10-15)29-21(25,26)18(19(27)28)14-16-7-2-1-3-8-16/h1-3,7-12,14H,4-6,13H2,(H,27,28)/b18-14+. The van der Waals surface area contributed by atoms with Crippen LogP contribution in [0.5, 0.6) is 5.75 Å². The van der Waals surface area contributed by atoms with E-state index in [4.69, 9.17) is 5.11 Å². The van der Waals surface area contributed by atoms with Gasteiger partial charge in [-0.3, -0.25) is 0 Å². The fraction of sp³-hybridized carbons (Fsp3) is 0.286. The number of aryl methyl sites for hydroxylation is 1. The molecule has 0 spiro atoms. The summed E-state index contributed by atoms with van der Waals surface area (Å²) >= 11 is 0. The molecule has 3 nitrogen and oxygen atoms in total. The minimum atomic E-state index is -4.20. The molecule has 0 saturated carbocycles. The average molecular weight is 414 g/mol. The fourth-order valence-electron chi connectivity index (χ4n) is 2.57. The van der Waals surface area contributed by atoms with Crippen molar-refractivity contribution in [1.29, 1.82) is 0 Å². The van der Waals surface area contributed by atoms with E-state index in [1.54, 1.807) is 18.2 Å². The second-order valence-corrected chi connectivity index (χ2v) is 6.36. The summed E-state index contributed by atoms with van der Waals surface area (Å²) in [6.45, 7) is 0. The maximum absolute atomic E-state index is 14.4. The van der Waals surface area contributed by atoms with Crippen molar-refractivity contribution < 1.29 is 36.6 Å². The highest BCUT2D eigenvalue weighted by Crippen LogP contribution is 2.30. The molecule has 0 aromatic heterocycles. The molecule has 2 aromatic carbocycles. The van der Waals surface area contributed by atoms with Crippen LogP contribution in [0.25, 0.3) is 6.08 Å².